The molecule has 1 saturated heterocycles. The molecule has 1 amide bonds. The zero-order valence-electron chi connectivity index (χ0n) is 14.8. The summed E-state index contributed by atoms with van der Waals surface area (Å²) < 4.78 is 25.4. The molecular weight excluding hydrogens is 374 g/mol. The molecule has 0 bridgehead atoms. The van der Waals surface area contributed by atoms with Crippen molar-refractivity contribution in [2.45, 2.75) is 50.4 Å². The molecule has 140 valence electrons. The van der Waals surface area contributed by atoms with Crippen LogP contribution in [0, 0.1) is 13.8 Å². The number of aryl methyl sites for hydroxylation is 2. The van der Waals surface area contributed by atoms with Gasteiger partial charge in [0, 0.05) is 23.5 Å². The first-order valence-electron chi connectivity index (χ1n) is 8.68. The minimum Gasteiger partial charge on any atom is -0.335 e. The normalized spacial score (nSPS) is 22.0. The monoisotopic (exact) mass is 395 g/mol. The number of aromatic nitrogens is 4. The second-order valence-electron chi connectivity index (χ2n) is 7.03. The summed E-state index contributed by atoms with van der Waals surface area (Å²) in [5.74, 6) is 1.00. The van der Waals surface area contributed by atoms with E-state index in [1.54, 1.807) is 0 Å². The molecule has 2 aromatic heterocycles. The minimum absolute atomic E-state index is 0.0194. The average Bonchev–Trinajstić information content (AvgIpc) is 3.19. The lowest BCUT2D eigenvalue weighted by atomic mass is 10.2. The number of amides is 1. The van der Waals surface area contributed by atoms with Gasteiger partial charge in [-0.25, -0.2) is 13.4 Å². The van der Waals surface area contributed by atoms with Crippen LogP contribution in [-0.2, 0) is 14.6 Å². The predicted octanol–water partition coefficient (Wildman–Crippen LogP) is 1.01. The number of carbonyl (C=O) groups excluding carboxylic acids is 1. The largest absolute Gasteiger partial charge is 0.335 e. The first-order valence-corrected chi connectivity index (χ1v) is 11.5. The maximum Gasteiger partial charge on any atom is 0.256 e. The summed E-state index contributed by atoms with van der Waals surface area (Å²) in [6.45, 7) is 3.86. The lowest BCUT2D eigenvalue weighted by Gasteiger charge is -2.28. The van der Waals surface area contributed by atoms with E-state index >= 15 is 0 Å². The first kappa shape index (κ1) is 17.7. The lowest BCUT2D eigenvalue weighted by molar-refractivity contribution is -0.130. The maximum atomic E-state index is 12.8. The molecule has 1 aliphatic carbocycles. The van der Waals surface area contributed by atoms with E-state index in [1.807, 2.05) is 29.2 Å². The molecule has 1 saturated carbocycles. The van der Waals surface area contributed by atoms with E-state index in [0.717, 1.165) is 24.2 Å². The summed E-state index contributed by atoms with van der Waals surface area (Å²) in [4.78, 5) is 19.0. The van der Waals surface area contributed by atoms with Crippen LogP contribution in [0.1, 0.15) is 30.7 Å². The van der Waals surface area contributed by atoms with Crippen LogP contribution < -0.4 is 0 Å². The van der Waals surface area contributed by atoms with Gasteiger partial charge in [0.15, 0.2) is 15.0 Å². The van der Waals surface area contributed by atoms with Gasteiger partial charge < -0.3 is 4.90 Å². The van der Waals surface area contributed by atoms with Crippen LogP contribution in [0.4, 0.5) is 0 Å². The van der Waals surface area contributed by atoms with Crippen LogP contribution in [0.2, 0.25) is 0 Å². The number of hydrogen-bond donors (Lipinski definition) is 0. The van der Waals surface area contributed by atoms with Crippen LogP contribution in [0.15, 0.2) is 11.2 Å². The van der Waals surface area contributed by atoms with Crippen molar-refractivity contribution in [2.24, 2.45) is 0 Å². The topological polar surface area (TPSA) is 97.5 Å². The van der Waals surface area contributed by atoms with Crippen molar-refractivity contribution in [2.75, 3.05) is 17.3 Å². The van der Waals surface area contributed by atoms with Crippen molar-refractivity contribution >= 4 is 33.3 Å². The van der Waals surface area contributed by atoms with Crippen LogP contribution in [0.5, 0.6) is 0 Å². The van der Waals surface area contributed by atoms with E-state index in [4.69, 9.17) is 0 Å². The summed E-state index contributed by atoms with van der Waals surface area (Å²) in [7, 11) is -3.01. The second-order valence-corrected chi connectivity index (χ2v) is 10.2. The molecular formula is C16H21N5O3S2. The van der Waals surface area contributed by atoms with Crippen LogP contribution in [0.3, 0.4) is 0 Å². The van der Waals surface area contributed by atoms with Crippen molar-refractivity contribution in [3.8, 4) is 0 Å². The fourth-order valence-electron chi connectivity index (χ4n) is 3.55. The Morgan fingerprint density at radius 2 is 2.04 bits per heavy atom. The molecule has 2 fully saturated rings. The van der Waals surface area contributed by atoms with Gasteiger partial charge in [0.25, 0.3) is 5.78 Å². The molecule has 3 heterocycles. The third kappa shape index (κ3) is 3.44. The Balaban J connectivity index is 1.49. The second kappa shape index (κ2) is 6.49. The number of carbonyl (C=O) groups is 1. The summed E-state index contributed by atoms with van der Waals surface area (Å²) in [5, 5.41) is 8.87. The van der Waals surface area contributed by atoms with Gasteiger partial charge in [0.2, 0.25) is 5.91 Å². The molecule has 4 rings (SSSR count). The molecule has 0 spiro atoms. The van der Waals surface area contributed by atoms with Gasteiger partial charge in [-0.05, 0) is 39.2 Å². The van der Waals surface area contributed by atoms with Crippen LogP contribution in [0.25, 0.3) is 5.78 Å². The molecule has 1 aliphatic heterocycles. The fraction of sp³-hybridized carbons (Fsp3) is 0.625. The van der Waals surface area contributed by atoms with Crippen molar-refractivity contribution in [3.05, 3.63) is 17.5 Å². The van der Waals surface area contributed by atoms with Gasteiger partial charge in [0.1, 0.15) is 0 Å². The maximum absolute atomic E-state index is 12.8. The van der Waals surface area contributed by atoms with E-state index in [9.17, 15) is 13.2 Å². The lowest BCUT2D eigenvalue weighted by Crippen LogP contribution is -2.43. The van der Waals surface area contributed by atoms with Gasteiger partial charge in [-0.2, -0.15) is 0 Å². The highest BCUT2D eigenvalue weighted by Gasteiger charge is 2.42. The SMILES string of the molecule is Cc1cc(C)n2c(SCC(=O)N(C3CC3)[C@@H]3CCS(=O)(=O)C3)nnc2n1. The highest BCUT2D eigenvalue weighted by Crippen LogP contribution is 2.33. The zero-order valence-corrected chi connectivity index (χ0v) is 16.4. The van der Waals surface area contributed by atoms with Gasteiger partial charge in [-0.3, -0.25) is 9.20 Å². The van der Waals surface area contributed by atoms with E-state index < -0.39 is 9.84 Å². The Morgan fingerprint density at radius 1 is 1.27 bits per heavy atom. The third-order valence-corrected chi connectivity index (χ3v) is 7.48. The molecule has 0 unspecified atom stereocenters. The molecule has 26 heavy (non-hydrogen) atoms. The van der Waals surface area contributed by atoms with Gasteiger partial charge in [-0.1, -0.05) is 11.8 Å². The van der Waals surface area contributed by atoms with Crippen molar-refractivity contribution in [1.29, 1.82) is 0 Å². The Bertz CT molecular complexity index is 968. The average molecular weight is 396 g/mol. The molecule has 10 heteroatoms. The summed E-state index contributed by atoms with van der Waals surface area (Å²) >= 11 is 1.33. The van der Waals surface area contributed by atoms with Gasteiger partial charge in [-0.15, -0.1) is 10.2 Å². The zero-order chi connectivity index (χ0) is 18.5. The molecule has 1 atom stereocenters. The molecule has 0 radical (unpaired) electrons. The van der Waals surface area contributed by atoms with Crippen LogP contribution in [-0.4, -0.2) is 68.1 Å². The Labute approximate surface area is 156 Å². The standard InChI is InChI=1S/C16H21N5O3S2/c1-10-7-11(2)20-15(17-10)18-19-16(20)25-8-14(22)21(12-3-4-12)13-5-6-26(23,24)9-13/h7,12-13H,3-6,8-9H2,1-2H3/t13-/m1/s1. The third-order valence-electron chi connectivity index (χ3n) is 4.82. The van der Waals surface area contributed by atoms with Crippen LogP contribution >= 0.6 is 11.8 Å². The number of nitrogens with zero attached hydrogens (tertiary/aromatic N) is 5. The predicted molar refractivity (Wildman–Crippen MR) is 97.9 cm³/mol. The molecule has 0 N–H and O–H groups in total. The summed E-state index contributed by atoms with van der Waals surface area (Å²) in [6, 6.07) is 1.96. The Morgan fingerprint density at radius 3 is 2.69 bits per heavy atom. The Hall–Kier alpha value is -1.68. The van der Waals surface area contributed by atoms with Crippen molar-refractivity contribution < 1.29 is 13.2 Å². The molecule has 0 aromatic carbocycles. The smallest absolute Gasteiger partial charge is 0.256 e. The highest BCUT2D eigenvalue weighted by molar-refractivity contribution is 7.99. The number of rotatable bonds is 5. The minimum atomic E-state index is -3.01. The van der Waals surface area contributed by atoms with E-state index in [-0.39, 0.29) is 35.2 Å². The molecule has 2 aromatic rings. The van der Waals surface area contributed by atoms with Gasteiger partial charge in [0.05, 0.1) is 17.3 Å². The Kier molecular flexibility index (Phi) is 4.42. The van der Waals surface area contributed by atoms with E-state index in [1.165, 1.54) is 11.8 Å². The number of sulfone groups is 1. The molecule has 8 nitrogen and oxygen atoms in total. The summed E-state index contributed by atoms with van der Waals surface area (Å²) in [6.07, 6.45) is 2.47. The van der Waals surface area contributed by atoms with Gasteiger partial charge >= 0.3 is 0 Å². The summed E-state index contributed by atoms with van der Waals surface area (Å²) in [5.41, 5.74) is 1.84. The van der Waals surface area contributed by atoms with E-state index in [0.29, 0.717) is 17.4 Å². The number of fused-ring (bicyclic) bond motifs is 1. The number of hydrogen-bond acceptors (Lipinski definition) is 7. The molecule has 2 aliphatic rings. The van der Waals surface area contributed by atoms with Crippen molar-refractivity contribution in [3.63, 3.8) is 0 Å². The highest BCUT2D eigenvalue weighted by atomic mass is 32.2. The quantitative estimate of drug-likeness (QED) is 0.697. The van der Waals surface area contributed by atoms with Crippen molar-refractivity contribution in [1.82, 2.24) is 24.5 Å². The number of thioether (sulfide) groups is 1. The fourth-order valence-corrected chi connectivity index (χ4v) is 6.11. The first-order chi connectivity index (χ1) is 12.3. The van der Waals surface area contributed by atoms with E-state index in [2.05, 4.69) is 15.2 Å².